The first kappa shape index (κ1) is 14.2. The molecule has 1 rings (SSSR count). The summed E-state index contributed by atoms with van der Waals surface area (Å²) in [4.78, 5) is 14.1. The van der Waals surface area contributed by atoms with Gasteiger partial charge in [-0.05, 0) is 28.4 Å². The quantitative estimate of drug-likeness (QED) is 0.690. The van der Waals surface area contributed by atoms with Gasteiger partial charge in [-0.25, -0.2) is 0 Å². The van der Waals surface area contributed by atoms with Crippen molar-refractivity contribution in [1.29, 1.82) is 0 Å². The number of hydrogen-bond donors (Lipinski definition) is 0. The van der Waals surface area contributed by atoms with Crippen LogP contribution in [0.5, 0.6) is 0 Å². The summed E-state index contributed by atoms with van der Waals surface area (Å²) < 4.78 is 1.00. The summed E-state index contributed by atoms with van der Waals surface area (Å²) in [7, 11) is 0. The Kier molecular flexibility index (Phi) is 6.61. The summed E-state index contributed by atoms with van der Waals surface area (Å²) in [5, 5.41) is 2.73. The lowest BCUT2D eigenvalue weighted by Gasteiger charge is -2.20. The van der Waals surface area contributed by atoms with Gasteiger partial charge in [0, 0.05) is 23.8 Å². The van der Waals surface area contributed by atoms with Crippen LogP contribution < -0.4 is 0 Å². The Morgan fingerprint density at radius 3 is 2.75 bits per heavy atom. The number of carbonyl (C=O) groups excluding carboxylic acids is 1. The van der Waals surface area contributed by atoms with Gasteiger partial charge in [-0.2, -0.15) is 0 Å². The smallest absolute Gasteiger partial charge is 0.254 e. The van der Waals surface area contributed by atoms with Crippen molar-refractivity contribution in [2.24, 2.45) is 0 Å². The fourth-order valence-electron chi connectivity index (χ4n) is 1.37. The second-order valence-electron chi connectivity index (χ2n) is 3.47. The standard InChI is InChI=1S/C11H15Br2NOS/c1-2-3-5-14(6-4-12)11(15)9-7-10(13)16-8-9/h7-8H,2-6H2,1H3. The molecule has 0 saturated carbocycles. The summed E-state index contributed by atoms with van der Waals surface area (Å²) in [5.74, 6) is 0.134. The van der Waals surface area contributed by atoms with Gasteiger partial charge >= 0.3 is 0 Å². The number of nitrogens with zero attached hydrogens (tertiary/aromatic N) is 1. The Hall–Kier alpha value is 0.130. The summed E-state index contributed by atoms with van der Waals surface area (Å²) in [6, 6.07) is 1.89. The fourth-order valence-corrected chi connectivity index (χ4v) is 2.93. The lowest BCUT2D eigenvalue weighted by Crippen LogP contribution is -2.33. The topological polar surface area (TPSA) is 20.3 Å². The number of rotatable bonds is 6. The van der Waals surface area contributed by atoms with Crippen LogP contribution in [0, 0.1) is 0 Å². The average Bonchev–Trinajstić information content (AvgIpc) is 2.70. The fraction of sp³-hybridized carbons (Fsp3) is 0.545. The molecule has 0 aliphatic carbocycles. The van der Waals surface area contributed by atoms with Crippen LogP contribution in [0.4, 0.5) is 0 Å². The zero-order valence-corrected chi connectivity index (χ0v) is 13.2. The molecule has 0 atom stereocenters. The molecule has 2 nitrogen and oxygen atoms in total. The van der Waals surface area contributed by atoms with E-state index in [-0.39, 0.29) is 5.91 Å². The lowest BCUT2D eigenvalue weighted by atomic mass is 10.2. The highest BCUT2D eigenvalue weighted by Gasteiger charge is 2.15. The Morgan fingerprint density at radius 2 is 2.25 bits per heavy atom. The first-order chi connectivity index (χ1) is 7.69. The van der Waals surface area contributed by atoms with E-state index in [1.807, 2.05) is 16.3 Å². The molecule has 0 aliphatic rings. The number of carbonyl (C=O) groups is 1. The highest BCUT2D eigenvalue weighted by molar-refractivity contribution is 9.11. The van der Waals surface area contributed by atoms with Gasteiger partial charge in [-0.3, -0.25) is 4.79 Å². The van der Waals surface area contributed by atoms with Gasteiger partial charge < -0.3 is 4.90 Å². The molecule has 0 bridgehead atoms. The maximum atomic E-state index is 12.1. The predicted octanol–water partition coefficient (Wildman–Crippen LogP) is 4.15. The number of hydrogen-bond acceptors (Lipinski definition) is 2. The molecule has 90 valence electrons. The number of amides is 1. The summed E-state index contributed by atoms with van der Waals surface area (Å²) in [6.45, 7) is 3.75. The van der Waals surface area contributed by atoms with E-state index in [2.05, 4.69) is 38.8 Å². The van der Waals surface area contributed by atoms with Crippen molar-refractivity contribution in [2.75, 3.05) is 18.4 Å². The highest BCUT2D eigenvalue weighted by Crippen LogP contribution is 2.22. The molecule has 0 fully saturated rings. The van der Waals surface area contributed by atoms with E-state index in [1.54, 1.807) is 11.3 Å². The van der Waals surface area contributed by atoms with E-state index in [4.69, 9.17) is 0 Å². The van der Waals surface area contributed by atoms with Crippen molar-refractivity contribution in [3.8, 4) is 0 Å². The van der Waals surface area contributed by atoms with E-state index in [0.29, 0.717) is 0 Å². The van der Waals surface area contributed by atoms with E-state index < -0.39 is 0 Å². The number of unbranched alkanes of at least 4 members (excludes halogenated alkanes) is 1. The van der Waals surface area contributed by atoms with Gasteiger partial charge in [0.15, 0.2) is 0 Å². The molecule has 0 aromatic carbocycles. The SMILES string of the molecule is CCCCN(CCBr)C(=O)c1csc(Br)c1. The van der Waals surface area contributed by atoms with Crippen LogP contribution in [0.1, 0.15) is 30.1 Å². The molecule has 0 aliphatic heterocycles. The highest BCUT2D eigenvalue weighted by atomic mass is 79.9. The number of alkyl halides is 1. The van der Waals surface area contributed by atoms with Crippen LogP contribution >= 0.6 is 43.2 Å². The van der Waals surface area contributed by atoms with Gasteiger partial charge in [0.25, 0.3) is 5.91 Å². The molecule has 0 radical (unpaired) electrons. The zero-order valence-electron chi connectivity index (χ0n) is 9.21. The average molecular weight is 369 g/mol. The second-order valence-corrected chi connectivity index (χ2v) is 6.56. The Balaban J connectivity index is 2.66. The number of halogens is 2. The monoisotopic (exact) mass is 367 g/mol. The molecular formula is C11H15Br2NOS. The molecule has 1 heterocycles. The minimum atomic E-state index is 0.134. The predicted molar refractivity (Wildman–Crippen MR) is 76.6 cm³/mol. The molecular weight excluding hydrogens is 354 g/mol. The molecule has 0 unspecified atom stereocenters. The van der Waals surface area contributed by atoms with E-state index in [0.717, 1.165) is 40.6 Å². The first-order valence-corrected chi connectivity index (χ1v) is 8.07. The Labute approximate surface area is 117 Å². The van der Waals surface area contributed by atoms with Crippen LogP contribution in [0.3, 0.4) is 0 Å². The first-order valence-electron chi connectivity index (χ1n) is 5.28. The van der Waals surface area contributed by atoms with Crippen LogP contribution in [0.2, 0.25) is 0 Å². The molecule has 1 amide bonds. The lowest BCUT2D eigenvalue weighted by molar-refractivity contribution is 0.0765. The maximum Gasteiger partial charge on any atom is 0.254 e. The second kappa shape index (κ2) is 7.45. The van der Waals surface area contributed by atoms with Gasteiger partial charge in [0.05, 0.1) is 9.35 Å². The normalized spacial score (nSPS) is 10.4. The third kappa shape index (κ3) is 4.18. The van der Waals surface area contributed by atoms with Gasteiger partial charge in [0.2, 0.25) is 0 Å². The van der Waals surface area contributed by atoms with Crippen molar-refractivity contribution in [1.82, 2.24) is 4.90 Å². The summed E-state index contributed by atoms with van der Waals surface area (Å²) in [6.07, 6.45) is 2.17. The van der Waals surface area contributed by atoms with Gasteiger partial charge in [-0.1, -0.05) is 29.3 Å². The van der Waals surface area contributed by atoms with Crippen LogP contribution in [-0.4, -0.2) is 29.2 Å². The van der Waals surface area contributed by atoms with Crippen LogP contribution in [0.15, 0.2) is 15.2 Å². The third-order valence-corrected chi connectivity index (χ3v) is 4.10. The van der Waals surface area contributed by atoms with Gasteiger partial charge in [-0.15, -0.1) is 11.3 Å². The molecule has 0 N–H and O–H groups in total. The third-order valence-electron chi connectivity index (χ3n) is 2.24. The molecule has 0 saturated heterocycles. The Bertz CT molecular complexity index is 340. The number of thiophene rings is 1. The van der Waals surface area contributed by atoms with E-state index >= 15 is 0 Å². The van der Waals surface area contributed by atoms with Crippen molar-refractivity contribution >= 4 is 49.1 Å². The molecule has 1 aromatic heterocycles. The van der Waals surface area contributed by atoms with Crippen molar-refractivity contribution in [3.05, 3.63) is 20.8 Å². The van der Waals surface area contributed by atoms with Crippen LogP contribution in [0.25, 0.3) is 0 Å². The molecule has 16 heavy (non-hydrogen) atoms. The van der Waals surface area contributed by atoms with Crippen molar-refractivity contribution in [3.63, 3.8) is 0 Å². The van der Waals surface area contributed by atoms with E-state index in [9.17, 15) is 4.79 Å². The summed E-state index contributed by atoms with van der Waals surface area (Å²) >= 11 is 8.32. The minimum Gasteiger partial charge on any atom is -0.338 e. The van der Waals surface area contributed by atoms with Crippen LogP contribution in [-0.2, 0) is 0 Å². The molecule has 1 aromatic rings. The minimum absolute atomic E-state index is 0.134. The van der Waals surface area contributed by atoms with Crippen molar-refractivity contribution in [2.45, 2.75) is 19.8 Å². The maximum absolute atomic E-state index is 12.1. The van der Waals surface area contributed by atoms with Crippen molar-refractivity contribution < 1.29 is 4.79 Å². The zero-order chi connectivity index (χ0) is 12.0. The summed E-state index contributed by atoms with van der Waals surface area (Å²) in [5.41, 5.74) is 0.786. The molecule has 5 heteroatoms. The van der Waals surface area contributed by atoms with Gasteiger partial charge in [0.1, 0.15) is 0 Å². The largest absolute Gasteiger partial charge is 0.338 e. The Morgan fingerprint density at radius 1 is 1.50 bits per heavy atom. The molecule has 0 spiro atoms. The van der Waals surface area contributed by atoms with E-state index in [1.165, 1.54) is 0 Å².